The number of carbonyl (C=O) groups excluding carboxylic acids is 2. The molecule has 4 rings (SSSR count). The highest BCUT2D eigenvalue weighted by atomic mass is 16.2. The van der Waals surface area contributed by atoms with Gasteiger partial charge in [-0.1, -0.05) is 67.8 Å². The fourth-order valence-electron chi connectivity index (χ4n) is 4.40. The number of hydrogen-bond acceptors (Lipinski definition) is 3. The van der Waals surface area contributed by atoms with Gasteiger partial charge in [-0.25, -0.2) is 0 Å². The summed E-state index contributed by atoms with van der Waals surface area (Å²) in [5, 5.41) is 3.25. The fourth-order valence-corrected chi connectivity index (χ4v) is 4.40. The number of nitrogens with zero attached hydrogens (tertiary/aromatic N) is 2. The lowest BCUT2D eigenvalue weighted by Crippen LogP contribution is -2.47. The summed E-state index contributed by atoms with van der Waals surface area (Å²) in [6.45, 7) is 1.98. The maximum absolute atomic E-state index is 13.8. The molecule has 0 spiro atoms. The van der Waals surface area contributed by atoms with E-state index in [9.17, 15) is 9.59 Å². The van der Waals surface area contributed by atoms with Crippen molar-refractivity contribution >= 4 is 17.5 Å². The number of pyridine rings is 1. The molecule has 0 radical (unpaired) electrons. The summed E-state index contributed by atoms with van der Waals surface area (Å²) in [4.78, 5) is 33.4. The minimum Gasteiger partial charge on any atom is -0.351 e. The lowest BCUT2D eigenvalue weighted by molar-refractivity contribution is -0.123. The smallest absolute Gasteiger partial charge is 0.277 e. The summed E-state index contributed by atoms with van der Waals surface area (Å²) in [6.07, 6.45) is 7.01. The highest BCUT2D eigenvalue weighted by Crippen LogP contribution is 2.31. The second-order valence-electron chi connectivity index (χ2n) is 8.33. The van der Waals surface area contributed by atoms with Crippen LogP contribution in [0.1, 0.15) is 59.8 Å². The van der Waals surface area contributed by atoms with E-state index in [0.29, 0.717) is 11.4 Å². The fraction of sp³-hybridized carbons (Fsp3) is 0.296. The number of aromatic nitrogens is 1. The van der Waals surface area contributed by atoms with Crippen LogP contribution in [0, 0.1) is 6.92 Å². The van der Waals surface area contributed by atoms with Crippen molar-refractivity contribution in [1.29, 1.82) is 0 Å². The van der Waals surface area contributed by atoms with E-state index in [-0.39, 0.29) is 17.9 Å². The standard InChI is InChI=1S/C27H29N3O2/c1-20-12-8-9-17-23(20)25(26(31)29-21-13-4-2-5-14-21)30(22-15-6-3-7-16-22)27(32)24-18-10-11-19-28-24/h3,6-12,15-19,21,25H,2,4-5,13-14H2,1H3,(H,29,31). The van der Waals surface area contributed by atoms with Crippen molar-refractivity contribution in [2.24, 2.45) is 0 Å². The summed E-state index contributed by atoms with van der Waals surface area (Å²) >= 11 is 0. The van der Waals surface area contributed by atoms with E-state index in [0.717, 1.165) is 36.8 Å². The van der Waals surface area contributed by atoms with Gasteiger partial charge >= 0.3 is 0 Å². The zero-order valence-corrected chi connectivity index (χ0v) is 18.4. The van der Waals surface area contributed by atoms with Gasteiger partial charge in [0.05, 0.1) is 0 Å². The van der Waals surface area contributed by atoms with E-state index in [1.807, 2.05) is 61.5 Å². The molecule has 164 valence electrons. The van der Waals surface area contributed by atoms with Crippen molar-refractivity contribution in [3.63, 3.8) is 0 Å². The molecule has 2 aromatic carbocycles. The first-order valence-electron chi connectivity index (χ1n) is 11.3. The van der Waals surface area contributed by atoms with E-state index in [4.69, 9.17) is 0 Å². The lowest BCUT2D eigenvalue weighted by atomic mass is 9.93. The van der Waals surface area contributed by atoms with Crippen LogP contribution in [0.4, 0.5) is 5.69 Å². The van der Waals surface area contributed by atoms with Gasteiger partial charge < -0.3 is 5.32 Å². The topological polar surface area (TPSA) is 62.3 Å². The molecular weight excluding hydrogens is 398 g/mol. The van der Waals surface area contributed by atoms with Crippen molar-refractivity contribution in [1.82, 2.24) is 10.3 Å². The van der Waals surface area contributed by atoms with Crippen LogP contribution in [0.25, 0.3) is 0 Å². The minimum absolute atomic E-state index is 0.144. The van der Waals surface area contributed by atoms with Crippen molar-refractivity contribution < 1.29 is 9.59 Å². The number of carbonyl (C=O) groups is 2. The van der Waals surface area contributed by atoms with Crippen molar-refractivity contribution in [2.45, 2.75) is 51.1 Å². The zero-order chi connectivity index (χ0) is 22.3. The molecule has 32 heavy (non-hydrogen) atoms. The van der Waals surface area contributed by atoms with Crippen LogP contribution in [0.3, 0.4) is 0 Å². The molecule has 2 amide bonds. The number of benzene rings is 2. The average molecular weight is 428 g/mol. The van der Waals surface area contributed by atoms with E-state index < -0.39 is 6.04 Å². The number of rotatable bonds is 6. The number of para-hydroxylation sites is 1. The van der Waals surface area contributed by atoms with Crippen molar-refractivity contribution in [3.8, 4) is 0 Å². The molecule has 1 heterocycles. The van der Waals surface area contributed by atoms with Gasteiger partial charge in [0, 0.05) is 17.9 Å². The second kappa shape index (κ2) is 10.2. The molecule has 5 heteroatoms. The third-order valence-corrected chi connectivity index (χ3v) is 6.08. The maximum Gasteiger partial charge on any atom is 0.277 e. The predicted molar refractivity (Wildman–Crippen MR) is 126 cm³/mol. The molecule has 5 nitrogen and oxygen atoms in total. The van der Waals surface area contributed by atoms with Gasteiger partial charge in [0.2, 0.25) is 5.91 Å². The maximum atomic E-state index is 13.8. The molecule has 0 aliphatic heterocycles. The van der Waals surface area contributed by atoms with Crippen LogP contribution < -0.4 is 10.2 Å². The number of amides is 2. The van der Waals surface area contributed by atoms with Crippen LogP contribution in [-0.2, 0) is 4.79 Å². The van der Waals surface area contributed by atoms with E-state index >= 15 is 0 Å². The summed E-state index contributed by atoms with van der Waals surface area (Å²) in [6, 6.07) is 21.7. The quantitative estimate of drug-likeness (QED) is 0.586. The Morgan fingerprint density at radius 3 is 2.28 bits per heavy atom. The van der Waals surface area contributed by atoms with Crippen LogP contribution in [-0.4, -0.2) is 22.8 Å². The van der Waals surface area contributed by atoms with Crippen LogP contribution in [0.15, 0.2) is 79.0 Å². The summed E-state index contributed by atoms with van der Waals surface area (Å²) < 4.78 is 0. The molecule has 1 atom stereocenters. The predicted octanol–water partition coefficient (Wildman–Crippen LogP) is 5.23. The van der Waals surface area contributed by atoms with Crippen LogP contribution in [0.2, 0.25) is 0 Å². The van der Waals surface area contributed by atoms with E-state index in [1.54, 1.807) is 29.3 Å². The first-order chi connectivity index (χ1) is 15.6. The molecule has 0 saturated heterocycles. The molecule has 1 N–H and O–H groups in total. The van der Waals surface area contributed by atoms with Gasteiger partial charge in [0.1, 0.15) is 11.7 Å². The Bertz CT molecular complexity index is 1050. The van der Waals surface area contributed by atoms with Gasteiger partial charge in [-0.2, -0.15) is 0 Å². The molecular formula is C27H29N3O2. The highest BCUT2D eigenvalue weighted by Gasteiger charge is 2.35. The Kier molecular flexibility index (Phi) is 6.95. The molecule has 1 fully saturated rings. The Hall–Kier alpha value is -3.47. The molecule has 1 unspecified atom stereocenters. The monoisotopic (exact) mass is 427 g/mol. The van der Waals surface area contributed by atoms with Gasteiger partial charge in [0.25, 0.3) is 5.91 Å². The number of aryl methyl sites for hydroxylation is 1. The largest absolute Gasteiger partial charge is 0.351 e. The molecule has 1 aliphatic carbocycles. The Morgan fingerprint density at radius 1 is 0.906 bits per heavy atom. The first kappa shape index (κ1) is 21.8. The minimum atomic E-state index is -0.796. The number of nitrogens with one attached hydrogen (secondary N) is 1. The van der Waals surface area contributed by atoms with Gasteiger partial charge in [0.15, 0.2) is 0 Å². The highest BCUT2D eigenvalue weighted by molar-refractivity contribution is 6.09. The van der Waals surface area contributed by atoms with Gasteiger partial charge in [-0.05, 0) is 55.2 Å². The summed E-state index contributed by atoms with van der Waals surface area (Å²) in [5.41, 5.74) is 2.75. The zero-order valence-electron chi connectivity index (χ0n) is 18.4. The normalized spacial score (nSPS) is 15.0. The summed E-state index contributed by atoms with van der Waals surface area (Å²) in [7, 11) is 0. The van der Waals surface area contributed by atoms with E-state index in [1.165, 1.54) is 6.42 Å². The molecule has 1 saturated carbocycles. The van der Waals surface area contributed by atoms with Crippen LogP contribution in [0.5, 0.6) is 0 Å². The third kappa shape index (κ3) is 4.88. The van der Waals surface area contributed by atoms with Crippen molar-refractivity contribution in [2.75, 3.05) is 4.90 Å². The van der Waals surface area contributed by atoms with E-state index in [2.05, 4.69) is 10.3 Å². The van der Waals surface area contributed by atoms with Crippen LogP contribution >= 0.6 is 0 Å². The third-order valence-electron chi connectivity index (χ3n) is 6.08. The lowest BCUT2D eigenvalue weighted by Gasteiger charge is -2.34. The first-order valence-corrected chi connectivity index (χ1v) is 11.3. The summed E-state index contributed by atoms with van der Waals surface area (Å²) in [5.74, 6) is -0.455. The second-order valence-corrected chi connectivity index (χ2v) is 8.33. The molecule has 3 aromatic rings. The van der Waals surface area contributed by atoms with Gasteiger partial charge in [-0.15, -0.1) is 0 Å². The molecule has 1 aromatic heterocycles. The Balaban J connectivity index is 1.80. The Labute approximate surface area is 189 Å². The average Bonchev–Trinajstić information content (AvgIpc) is 2.84. The molecule has 1 aliphatic rings. The van der Waals surface area contributed by atoms with Crippen molar-refractivity contribution in [3.05, 3.63) is 95.8 Å². The Morgan fingerprint density at radius 2 is 1.59 bits per heavy atom. The number of anilines is 1. The van der Waals surface area contributed by atoms with Gasteiger partial charge in [-0.3, -0.25) is 19.5 Å². The molecule has 0 bridgehead atoms. The number of hydrogen-bond donors (Lipinski definition) is 1. The SMILES string of the molecule is Cc1ccccc1C(C(=O)NC1CCCCC1)N(C(=O)c1ccccn1)c1ccccc1.